The molecule has 8 heteroatoms. The summed E-state index contributed by atoms with van der Waals surface area (Å²) >= 11 is 0. The van der Waals surface area contributed by atoms with E-state index in [4.69, 9.17) is 4.74 Å². The minimum atomic E-state index is -4.02. The van der Waals surface area contributed by atoms with E-state index >= 15 is 0 Å². The zero-order chi connectivity index (χ0) is 22.3. The predicted octanol–water partition coefficient (Wildman–Crippen LogP) is 2.60. The predicted molar refractivity (Wildman–Crippen MR) is 118 cm³/mol. The SMILES string of the molecule is COc1ccc(C)cc1S(=O)(=O)N[C@H](Cc1ccccc1)C(=O)NCc1ccccn1. The topological polar surface area (TPSA) is 97.4 Å². The van der Waals surface area contributed by atoms with Gasteiger partial charge in [-0.25, -0.2) is 8.42 Å². The first kappa shape index (κ1) is 22.5. The van der Waals surface area contributed by atoms with Crippen LogP contribution in [0.15, 0.2) is 77.8 Å². The molecule has 0 saturated heterocycles. The van der Waals surface area contributed by atoms with Crippen LogP contribution in [0, 0.1) is 6.92 Å². The molecule has 1 atom stereocenters. The van der Waals surface area contributed by atoms with E-state index in [0.29, 0.717) is 5.69 Å². The first-order chi connectivity index (χ1) is 14.9. The van der Waals surface area contributed by atoms with Crippen LogP contribution in [0.25, 0.3) is 0 Å². The molecule has 0 aliphatic rings. The lowest BCUT2D eigenvalue weighted by atomic mass is 10.1. The van der Waals surface area contributed by atoms with Crippen LogP contribution in [0.5, 0.6) is 5.75 Å². The lowest BCUT2D eigenvalue weighted by Gasteiger charge is -2.20. The molecule has 0 spiro atoms. The van der Waals surface area contributed by atoms with Gasteiger partial charge in [0.25, 0.3) is 0 Å². The number of aryl methyl sites for hydroxylation is 1. The van der Waals surface area contributed by atoms with Crippen molar-refractivity contribution >= 4 is 15.9 Å². The number of nitrogens with one attached hydrogen (secondary N) is 2. The van der Waals surface area contributed by atoms with E-state index in [9.17, 15) is 13.2 Å². The summed E-state index contributed by atoms with van der Waals surface area (Å²) in [4.78, 5) is 17.1. The van der Waals surface area contributed by atoms with Crippen LogP contribution >= 0.6 is 0 Å². The Bertz CT molecular complexity index is 1120. The molecule has 3 aromatic rings. The van der Waals surface area contributed by atoms with Crippen molar-refractivity contribution in [1.82, 2.24) is 15.0 Å². The normalized spacial score (nSPS) is 12.2. The van der Waals surface area contributed by atoms with Gasteiger partial charge in [-0.3, -0.25) is 9.78 Å². The Morgan fingerprint density at radius 1 is 1.06 bits per heavy atom. The van der Waals surface area contributed by atoms with Gasteiger partial charge >= 0.3 is 0 Å². The average Bonchev–Trinajstić information content (AvgIpc) is 2.78. The zero-order valence-electron chi connectivity index (χ0n) is 17.4. The van der Waals surface area contributed by atoms with Gasteiger partial charge in [0.2, 0.25) is 15.9 Å². The molecule has 1 heterocycles. The van der Waals surface area contributed by atoms with Crippen molar-refractivity contribution in [1.29, 1.82) is 0 Å². The molecule has 0 radical (unpaired) electrons. The molecule has 2 aromatic carbocycles. The van der Waals surface area contributed by atoms with E-state index in [1.165, 1.54) is 13.2 Å². The molecule has 3 rings (SSSR count). The first-order valence-electron chi connectivity index (χ1n) is 9.77. The van der Waals surface area contributed by atoms with Crippen LogP contribution in [0.2, 0.25) is 0 Å². The Morgan fingerprint density at radius 2 is 1.81 bits per heavy atom. The summed E-state index contributed by atoms with van der Waals surface area (Å²) < 4.78 is 34.1. The van der Waals surface area contributed by atoms with Crippen LogP contribution < -0.4 is 14.8 Å². The van der Waals surface area contributed by atoms with E-state index in [0.717, 1.165) is 11.1 Å². The fraction of sp³-hybridized carbons (Fsp3) is 0.217. The molecule has 1 aromatic heterocycles. The number of nitrogens with zero attached hydrogens (tertiary/aromatic N) is 1. The van der Waals surface area contributed by atoms with Crippen molar-refractivity contribution in [3.63, 3.8) is 0 Å². The Labute approximate surface area is 182 Å². The average molecular weight is 440 g/mol. The van der Waals surface area contributed by atoms with Gasteiger partial charge in [-0.05, 0) is 48.7 Å². The first-order valence-corrected chi connectivity index (χ1v) is 11.3. The van der Waals surface area contributed by atoms with E-state index in [1.807, 2.05) is 36.4 Å². The maximum absolute atomic E-state index is 13.2. The van der Waals surface area contributed by atoms with E-state index in [2.05, 4.69) is 15.0 Å². The van der Waals surface area contributed by atoms with Gasteiger partial charge in [-0.15, -0.1) is 0 Å². The number of rotatable bonds is 9. The molecular formula is C23H25N3O4S. The number of pyridine rings is 1. The molecule has 0 bridgehead atoms. The highest BCUT2D eigenvalue weighted by atomic mass is 32.2. The Kier molecular flexibility index (Phi) is 7.38. The zero-order valence-corrected chi connectivity index (χ0v) is 18.2. The van der Waals surface area contributed by atoms with Gasteiger partial charge < -0.3 is 10.1 Å². The summed E-state index contributed by atoms with van der Waals surface area (Å²) in [7, 11) is -2.62. The van der Waals surface area contributed by atoms with Gasteiger partial charge in [0.05, 0.1) is 19.3 Å². The lowest BCUT2D eigenvalue weighted by Crippen LogP contribution is -2.47. The summed E-state index contributed by atoms with van der Waals surface area (Å²) in [6.07, 6.45) is 1.83. The standard InChI is InChI=1S/C23H25N3O4S/c1-17-11-12-21(30-2)22(14-17)31(28,29)26-20(15-18-8-4-3-5-9-18)23(27)25-16-19-10-6-7-13-24-19/h3-14,20,26H,15-16H2,1-2H3,(H,25,27)/t20-/m1/s1. The Morgan fingerprint density at radius 3 is 2.48 bits per heavy atom. The number of hydrogen-bond donors (Lipinski definition) is 2. The molecule has 0 saturated carbocycles. The summed E-state index contributed by atoms with van der Waals surface area (Å²) in [6.45, 7) is 1.99. The number of benzene rings is 2. The molecule has 7 nitrogen and oxygen atoms in total. The number of methoxy groups -OCH3 is 1. The number of hydrogen-bond acceptors (Lipinski definition) is 5. The number of carbonyl (C=O) groups excluding carboxylic acids is 1. The third kappa shape index (κ3) is 6.13. The smallest absolute Gasteiger partial charge is 0.244 e. The minimum absolute atomic E-state index is 0.00872. The Balaban J connectivity index is 1.85. The number of sulfonamides is 1. The second kappa shape index (κ2) is 10.2. The van der Waals surface area contributed by atoms with Crippen molar-refractivity contribution in [2.75, 3.05) is 7.11 Å². The van der Waals surface area contributed by atoms with E-state index in [-0.39, 0.29) is 23.6 Å². The van der Waals surface area contributed by atoms with Gasteiger partial charge in [-0.2, -0.15) is 4.72 Å². The molecule has 31 heavy (non-hydrogen) atoms. The number of aromatic nitrogens is 1. The highest BCUT2D eigenvalue weighted by Gasteiger charge is 2.28. The maximum Gasteiger partial charge on any atom is 0.244 e. The summed E-state index contributed by atoms with van der Waals surface area (Å²) in [5, 5.41) is 2.77. The highest BCUT2D eigenvalue weighted by molar-refractivity contribution is 7.89. The van der Waals surface area contributed by atoms with Crippen molar-refractivity contribution in [2.24, 2.45) is 0 Å². The monoisotopic (exact) mass is 439 g/mol. The molecule has 0 fully saturated rings. The van der Waals surface area contributed by atoms with Crippen molar-refractivity contribution in [2.45, 2.75) is 30.8 Å². The summed E-state index contributed by atoms with van der Waals surface area (Å²) in [5.41, 5.74) is 2.28. The number of carbonyl (C=O) groups is 1. The van der Waals surface area contributed by atoms with Gasteiger partial charge in [0.1, 0.15) is 16.7 Å². The third-order valence-electron chi connectivity index (χ3n) is 4.68. The lowest BCUT2D eigenvalue weighted by molar-refractivity contribution is -0.122. The van der Waals surface area contributed by atoms with Crippen molar-refractivity contribution in [3.05, 3.63) is 89.7 Å². The fourth-order valence-electron chi connectivity index (χ4n) is 3.09. The molecule has 2 N–H and O–H groups in total. The molecular weight excluding hydrogens is 414 g/mol. The van der Waals surface area contributed by atoms with Crippen LogP contribution in [-0.2, 0) is 27.8 Å². The summed E-state index contributed by atoms with van der Waals surface area (Å²) in [5.74, 6) is -0.227. The second-order valence-electron chi connectivity index (χ2n) is 7.06. The van der Waals surface area contributed by atoms with Crippen molar-refractivity contribution in [3.8, 4) is 5.75 Å². The molecule has 0 aliphatic carbocycles. The van der Waals surface area contributed by atoms with Crippen LogP contribution in [0.3, 0.4) is 0 Å². The van der Waals surface area contributed by atoms with Crippen molar-refractivity contribution < 1.29 is 17.9 Å². The van der Waals surface area contributed by atoms with E-state index in [1.54, 1.807) is 37.4 Å². The minimum Gasteiger partial charge on any atom is -0.495 e. The van der Waals surface area contributed by atoms with Gasteiger partial charge in [-0.1, -0.05) is 42.5 Å². The Hall–Kier alpha value is -3.23. The number of ether oxygens (including phenoxy) is 1. The van der Waals surface area contributed by atoms with Crippen LogP contribution in [0.1, 0.15) is 16.8 Å². The number of amides is 1. The fourth-order valence-corrected chi connectivity index (χ4v) is 4.54. The molecule has 0 aliphatic heterocycles. The third-order valence-corrected chi connectivity index (χ3v) is 6.17. The summed E-state index contributed by atoms with van der Waals surface area (Å²) in [6, 6.07) is 18.5. The quantitative estimate of drug-likeness (QED) is 0.534. The van der Waals surface area contributed by atoms with E-state index < -0.39 is 22.0 Å². The largest absolute Gasteiger partial charge is 0.495 e. The molecule has 162 valence electrons. The van der Waals surface area contributed by atoms with Crippen LogP contribution in [-0.4, -0.2) is 32.5 Å². The maximum atomic E-state index is 13.2. The van der Waals surface area contributed by atoms with Gasteiger partial charge in [0.15, 0.2) is 0 Å². The highest BCUT2D eigenvalue weighted by Crippen LogP contribution is 2.25. The molecule has 1 amide bonds. The second-order valence-corrected chi connectivity index (χ2v) is 8.74. The van der Waals surface area contributed by atoms with Gasteiger partial charge in [0, 0.05) is 6.20 Å². The molecule has 0 unspecified atom stereocenters. The van der Waals surface area contributed by atoms with Crippen LogP contribution in [0.4, 0.5) is 0 Å².